The van der Waals surface area contributed by atoms with E-state index < -0.39 is 6.03 Å². The number of carbonyl (C=O) groups is 1. The minimum absolute atomic E-state index is 0.0958. The Hall–Kier alpha value is -3.74. The molecule has 2 heterocycles. The minimum atomic E-state index is -0.483. The second kappa shape index (κ2) is 8.18. The Morgan fingerprint density at radius 3 is 2.29 bits per heavy atom. The van der Waals surface area contributed by atoms with Gasteiger partial charge in [0.2, 0.25) is 0 Å². The topological polar surface area (TPSA) is 82.6 Å². The number of ether oxygens (including phenoxy) is 2. The highest BCUT2D eigenvalue weighted by atomic mass is 16.5. The lowest BCUT2D eigenvalue weighted by Crippen LogP contribution is -2.38. The van der Waals surface area contributed by atoms with Crippen molar-refractivity contribution in [2.24, 2.45) is 12.8 Å². The number of primary amides is 1. The summed E-state index contributed by atoms with van der Waals surface area (Å²) in [6, 6.07) is 11.6. The van der Waals surface area contributed by atoms with Crippen molar-refractivity contribution in [3.63, 3.8) is 0 Å². The molecule has 0 saturated carbocycles. The number of benzene rings is 2. The van der Waals surface area contributed by atoms with Crippen LogP contribution in [-0.2, 0) is 13.5 Å². The van der Waals surface area contributed by atoms with E-state index in [4.69, 9.17) is 15.2 Å². The number of aryl methyl sites for hydroxylation is 1. The highest BCUT2D eigenvalue weighted by Crippen LogP contribution is 2.39. The number of hydrogen-bond acceptors (Lipinski definition) is 4. The number of methoxy groups -OCH3 is 2. The lowest BCUT2D eigenvalue weighted by atomic mass is 9.92. The maximum Gasteiger partial charge on any atom is 0.319 e. The van der Waals surface area contributed by atoms with E-state index in [9.17, 15) is 4.79 Å². The van der Waals surface area contributed by atoms with Crippen molar-refractivity contribution >= 4 is 11.6 Å². The minimum Gasteiger partial charge on any atom is -0.493 e. The van der Waals surface area contributed by atoms with E-state index in [-0.39, 0.29) is 6.04 Å². The highest BCUT2D eigenvalue weighted by Gasteiger charge is 2.26. The van der Waals surface area contributed by atoms with E-state index in [2.05, 4.69) is 17.2 Å². The molecule has 7 nitrogen and oxygen atoms in total. The van der Waals surface area contributed by atoms with E-state index in [1.165, 1.54) is 0 Å². The third kappa shape index (κ3) is 3.86. The fourth-order valence-corrected chi connectivity index (χ4v) is 4.02. The van der Waals surface area contributed by atoms with Gasteiger partial charge < -0.3 is 15.2 Å². The Labute approximate surface area is 181 Å². The molecule has 1 atom stereocenters. The summed E-state index contributed by atoms with van der Waals surface area (Å²) in [6.45, 7) is 1.98. The average molecular weight is 418 g/mol. The molecular formula is C24H26N4O3. The van der Waals surface area contributed by atoms with Gasteiger partial charge in [0.15, 0.2) is 11.5 Å². The van der Waals surface area contributed by atoms with Gasteiger partial charge in [-0.15, -0.1) is 0 Å². The molecule has 0 spiro atoms. The number of urea groups is 1. The van der Waals surface area contributed by atoms with Gasteiger partial charge in [-0.25, -0.2) is 4.79 Å². The SMILES string of the molecule is COc1cc2c(cc1OC)C(c1ccc(-c3cnn(C)c3)cc1)=CN(C(N)=O)C(C)C2. The lowest BCUT2D eigenvalue weighted by Gasteiger charge is -2.22. The first-order valence-electron chi connectivity index (χ1n) is 10.1. The first-order chi connectivity index (χ1) is 14.9. The number of hydrogen-bond donors (Lipinski definition) is 1. The molecule has 0 radical (unpaired) electrons. The van der Waals surface area contributed by atoms with Crippen LogP contribution in [0.5, 0.6) is 11.5 Å². The van der Waals surface area contributed by atoms with Crippen molar-refractivity contribution in [2.45, 2.75) is 19.4 Å². The Balaban J connectivity index is 1.85. The van der Waals surface area contributed by atoms with Crippen LogP contribution in [0.4, 0.5) is 4.79 Å². The molecule has 2 N–H and O–H groups in total. The normalized spacial score (nSPS) is 15.7. The summed E-state index contributed by atoms with van der Waals surface area (Å²) >= 11 is 0. The van der Waals surface area contributed by atoms with Gasteiger partial charge in [0, 0.05) is 36.6 Å². The van der Waals surface area contributed by atoms with Crippen molar-refractivity contribution in [3.05, 3.63) is 71.7 Å². The molecule has 31 heavy (non-hydrogen) atoms. The largest absolute Gasteiger partial charge is 0.493 e. The van der Waals surface area contributed by atoms with Crippen molar-refractivity contribution in [2.75, 3.05) is 14.2 Å². The van der Waals surface area contributed by atoms with Crippen LogP contribution < -0.4 is 15.2 Å². The quantitative estimate of drug-likeness (QED) is 0.698. The van der Waals surface area contributed by atoms with E-state index in [1.54, 1.807) is 23.8 Å². The summed E-state index contributed by atoms with van der Waals surface area (Å²) in [5, 5.41) is 4.24. The van der Waals surface area contributed by atoms with E-state index in [1.807, 2.05) is 56.8 Å². The molecule has 0 saturated heterocycles. The molecule has 1 aliphatic rings. The second-order valence-electron chi connectivity index (χ2n) is 7.69. The van der Waals surface area contributed by atoms with Crippen molar-refractivity contribution < 1.29 is 14.3 Å². The maximum absolute atomic E-state index is 12.2. The van der Waals surface area contributed by atoms with Gasteiger partial charge in [-0.05, 0) is 47.7 Å². The molecule has 3 aromatic rings. The Morgan fingerprint density at radius 2 is 1.71 bits per heavy atom. The van der Waals surface area contributed by atoms with Crippen molar-refractivity contribution in [1.29, 1.82) is 0 Å². The molecule has 1 aliphatic heterocycles. The lowest BCUT2D eigenvalue weighted by molar-refractivity contribution is 0.213. The number of carbonyl (C=O) groups excluding carboxylic acids is 1. The zero-order valence-electron chi connectivity index (χ0n) is 18.1. The molecule has 0 aliphatic carbocycles. The number of amides is 2. The first kappa shape index (κ1) is 20.5. The predicted octanol–water partition coefficient (Wildman–Crippen LogP) is 3.82. The fraction of sp³-hybridized carbons (Fsp3) is 0.250. The molecule has 2 amide bonds. The third-order valence-corrected chi connectivity index (χ3v) is 5.65. The number of rotatable bonds is 4. The van der Waals surface area contributed by atoms with Gasteiger partial charge in [0.05, 0.1) is 20.4 Å². The van der Waals surface area contributed by atoms with Gasteiger partial charge in [0.25, 0.3) is 0 Å². The number of nitrogens with zero attached hydrogens (tertiary/aromatic N) is 3. The molecule has 160 valence electrons. The molecule has 1 unspecified atom stereocenters. The van der Waals surface area contributed by atoms with Gasteiger partial charge in [-0.1, -0.05) is 24.3 Å². The van der Waals surface area contributed by atoms with E-state index >= 15 is 0 Å². The van der Waals surface area contributed by atoms with Gasteiger partial charge in [0.1, 0.15) is 0 Å². The average Bonchev–Trinajstić information content (AvgIpc) is 3.14. The molecule has 1 aromatic heterocycles. The van der Waals surface area contributed by atoms with Crippen LogP contribution >= 0.6 is 0 Å². The summed E-state index contributed by atoms with van der Waals surface area (Å²) in [4.78, 5) is 13.8. The summed E-state index contributed by atoms with van der Waals surface area (Å²) in [5.41, 5.74) is 11.7. The predicted molar refractivity (Wildman–Crippen MR) is 120 cm³/mol. The van der Waals surface area contributed by atoms with Crippen LogP contribution in [0.3, 0.4) is 0 Å². The fourth-order valence-electron chi connectivity index (χ4n) is 4.02. The molecule has 7 heteroatoms. The van der Waals surface area contributed by atoms with Gasteiger partial charge in [-0.3, -0.25) is 9.58 Å². The first-order valence-corrected chi connectivity index (χ1v) is 10.1. The van der Waals surface area contributed by atoms with Crippen molar-refractivity contribution in [3.8, 4) is 22.6 Å². The summed E-state index contributed by atoms with van der Waals surface area (Å²) in [5.74, 6) is 1.30. The Morgan fingerprint density at radius 1 is 1.06 bits per heavy atom. The van der Waals surface area contributed by atoms with Crippen LogP contribution in [0.25, 0.3) is 16.7 Å². The van der Waals surface area contributed by atoms with Crippen LogP contribution in [0.1, 0.15) is 23.6 Å². The zero-order chi connectivity index (χ0) is 22.1. The van der Waals surface area contributed by atoms with Crippen LogP contribution in [-0.4, -0.2) is 41.0 Å². The van der Waals surface area contributed by atoms with Gasteiger partial charge >= 0.3 is 6.03 Å². The monoisotopic (exact) mass is 418 g/mol. The van der Waals surface area contributed by atoms with Crippen LogP contribution in [0.15, 0.2) is 55.0 Å². The number of aromatic nitrogens is 2. The third-order valence-electron chi connectivity index (χ3n) is 5.65. The molecule has 0 fully saturated rings. The summed E-state index contributed by atoms with van der Waals surface area (Å²) in [7, 11) is 5.13. The Bertz CT molecular complexity index is 1150. The highest BCUT2D eigenvalue weighted by molar-refractivity contribution is 5.86. The summed E-state index contributed by atoms with van der Waals surface area (Å²) < 4.78 is 12.8. The van der Waals surface area contributed by atoms with Crippen LogP contribution in [0, 0.1) is 0 Å². The molecule has 4 rings (SSSR count). The molecule has 0 bridgehead atoms. The van der Waals surface area contributed by atoms with Crippen molar-refractivity contribution in [1.82, 2.24) is 14.7 Å². The standard InChI is InChI=1S/C24H26N4O3/c1-15-9-18-10-22(30-3)23(31-4)11-20(18)21(14-28(15)24(25)29)17-7-5-16(6-8-17)19-12-26-27(2)13-19/h5-8,10-15H,9H2,1-4H3,(H2,25,29). The smallest absolute Gasteiger partial charge is 0.319 e. The summed E-state index contributed by atoms with van der Waals surface area (Å²) in [6.07, 6.45) is 6.29. The molecule has 2 aromatic carbocycles. The van der Waals surface area contributed by atoms with E-state index in [0.29, 0.717) is 17.9 Å². The molecular weight excluding hydrogens is 392 g/mol. The zero-order valence-corrected chi connectivity index (χ0v) is 18.1. The van der Waals surface area contributed by atoms with E-state index in [0.717, 1.165) is 33.4 Å². The Kier molecular flexibility index (Phi) is 5.42. The van der Waals surface area contributed by atoms with Gasteiger partial charge in [-0.2, -0.15) is 5.10 Å². The van der Waals surface area contributed by atoms with Crippen LogP contribution in [0.2, 0.25) is 0 Å². The second-order valence-corrected chi connectivity index (χ2v) is 7.69. The number of fused-ring (bicyclic) bond motifs is 1. The maximum atomic E-state index is 12.2. The number of nitrogens with two attached hydrogens (primary N) is 1.